The maximum absolute atomic E-state index is 12.3. The van der Waals surface area contributed by atoms with E-state index < -0.39 is 23.7 Å². The van der Waals surface area contributed by atoms with E-state index in [1.54, 1.807) is 36.4 Å². The van der Waals surface area contributed by atoms with Gasteiger partial charge in [0.15, 0.2) is 0 Å². The van der Waals surface area contributed by atoms with Crippen molar-refractivity contribution in [3.8, 4) is 0 Å². The van der Waals surface area contributed by atoms with Gasteiger partial charge < -0.3 is 0 Å². The standard InChI is InChI=1S/C14H10O3.C6H5.Bi/c15-13(10-4-2-1-3-5-10)11-6-8-12(9-7-11)14(16)17;1-2-4-6-5-3-1;/h1-9H,(H,16,17);1-5H;/q;;+1/p-1. The van der Waals surface area contributed by atoms with Crippen molar-refractivity contribution in [2.45, 2.75) is 0 Å². The quantitative estimate of drug-likeness (QED) is 0.391. The van der Waals surface area contributed by atoms with Crippen LogP contribution >= 0.6 is 0 Å². The van der Waals surface area contributed by atoms with Crippen LogP contribution in [0.5, 0.6) is 0 Å². The monoisotopic (exact) mass is 511 g/mol. The molecule has 3 nitrogen and oxygen atoms in total. The number of hydrogen-bond acceptors (Lipinski definition) is 3. The van der Waals surface area contributed by atoms with E-state index in [0.717, 1.165) is 3.27 Å². The Morgan fingerprint density at radius 2 is 1.12 bits per heavy atom. The third-order valence-corrected chi connectivity index (χ3v) is 6.39. The van der Waals surface area contributed by atoms with Gasteiger partial charge in [-0.3, -0.25) is 0 Å². The summed E-state index contributed by atoms with van der Waals surface area (Å²) < 4.78 is 6.57. The average molecular weight is 511 g/mol. The number of carbonyl (C=O) groups excluding carboxylic acids is 2. The second kappa shape index (κ2) is 7.98. The Morgan fingerprint density at radius 3 is 1.75 bits per heavy atom. The zero-order valence-electron chi connectivity index (χ0n) is 12.8. The van der Waals surface area contributed by atoms with Gasteiger partial charge in [0, 0.05) is 0 Å². The van der Waals surface area contributed by atoms with Crippen LogP contribution in [0.1, 0.15) is 26.3 Å². The third kappa shape index (κ3) is 4.15. The molecule has 0 amide bonds. The first-order valence-corrected chi connectivity index (χ1v) is 10.6. The van der Waals surface area contributed by atoms with Gasteiger partial charge in [-0.05, 0) is 0 Å². The van der Waals surface area contributed by atoms with E-state index in [9.17, 15) is 9.59 Å². The van der Waals surface area contributed by atoms with Crippen molar-refractivity contribution < 1.29 is 12.4 Å². The Balaban J connectivity index is 1.66. The third-order valence-electron chi connectivity index (χ3n) is 3.41. The molecule has 0 saturated heterocycles. The van der Waals surface area contributed by atoms with Crippen molar-refractivity contribution in [3.63, 3.8) is 0 Å². The predicted molar refractivity (Wildman–Crippen MR) is 93.6 cm³/mol. The summed E-state index contributed by atoms with van der Waals surface area (Å²) in [5, 5.41) is 0. The van der Waals surface area contributed by atoms with Crippen LogP contribution in [0.15, 0.2) is 84.9 Å². The number of carbonyl (C=O) groups is 2. The van der Waals surface area contributed by atoms with Crippen molar-refractivity contribution in [1.29, 1.82) is 0 Å². The van der Waals surface area contributed by atoms with Gasteiger partial charge in [-0.25, -0.2) is 0 Å². The molecule has 24 heavy (non-hydrogen) atoms. The number of hydrogen-bond donors (Lipinski definition) is 0. The van der Waals surface area contributed by atoms with Crippen LogP contribution in [0.25, 0.3) is 0 Å². The first-order chi connectivity index (χ1) is 11.7. The van der Waals surface area contributed by atoms with E-state index in [1.165, 1.54) is 0 Å². The Hall–Kier alpha value is -2.32. The van der Waals surface area contributed by atoms with E-state index in [1.807, 2.05) is 48.5 Å². The molecule has 0 aliphatic carbocycles. The number of ketones is 1. The van der Waals surface area contributed by atoms with E-state index in [-0.39, 0.29) is 11.8 Å². The molecule has 0 aromatic heterocycles. The van der Waals surface area contributed by atoms with E-state index in [4.69, 9.17) is 2.81 Å². The fourth-order valence-electron chi connectivity index (χ4n) is 2.15. The van der Waals surface area contributed by atoms with Gasteiger partial charge in [0.05, 0.1) is 0 Å². The molecule has 3 aromatic rings. The molecule has 0 bridgehead atoms. The van der Waals surface area contributed by atoms with Crippen LogP contribution in [-0.2, 0) is 2.81 Å². The molecular weight excluding hydrogens is 497 g/mol. The molecule has 3 rings (SSSR count). The van der Waals surface area contributed by atoms with Crippen LogP contribution in [0.3, 0.4) is 0 Å². The second-order valence-electron chi connectivity index (χ2n) is 5.08. The first-order valence-electron chi connectivity index (χ1n) is 7.41. The summed E-state index contributed by atoms with van der Waals surface area (Å²) in [7, 11) is 0. The molecule has 4 heteroatoms. The maximum atomic E-state index is 12.3. The summed E-state index contributed by atoms with van der Waals surface area (Å²) in [5.41, 5.74) is 1.66. The van der Waals surface area contributed by atoms with Crippen LogP contribution in [0.4, 0.5) is 0 Å². The molecule has 0 heterocycles. The minimum atomic E-state index is -1.48. The van der Waals surface area contributed by atoms with Gasteiger partial charge in [-0.1, -0.05) is 0 Å². The summed E-state index contributed by atoms with van der Waals surface area (Å²) in [4.78, 5) is 24.4. The number of benzene rings is 3. The Morgan fingerprint density at radius 1 is 0.625 bits per heavy atom. The van der Waals surface area contributed by atoms with Crippen molar-refractivity contribution >= 4 is 38.7 Å². The van der Waals surface area contributed by atoms with E-state index >= 15 is 0 Å². The molecule has 0 spiro atoms. The molecule has 0 N–H and O–H groups in total. The van der Waals surface area contributed by atoms with Gasteiger partial charge in [-0.15, -0.1) is 0 Å². The second-order valence-corrected chi connectivity index (χ2v) is 8.51. The molecule has 0 saturated carbocycles. The zero-order chi connectivity index (χ0) is 16.8. The van der Waals surface area contributed by atoms with E-state index in [0.29, 0.717) is 16.7 Å². The fraction of sp³-hybridized carbons (Fsp3) is 0. The van der Waals surface area contributed by atoms with Gasteiger partial charge in [0.25, 0.3) is 0 Å². The minimum absolute atomic E-state index is 0.0583. The van der Waals surface area contributed by atoms with Crippen LogP contribution < -0.4 is 3.27 Å². The van der Waals surface area contributed by atoms with Gasteiger partial charge >= 0.3 is 153 Å². The summed E-state index contributed by atoms with van der Waals surface area (Å²) in [5.74, 6) is -0.383. The Kier molecular flexibility index (Phi) is 5.50. The summed E-state index contributed by atoms with van der Waals surface area (Å²) in [6.45, 7) is 0. The predicted octanol–water partition coefficient (Wildman–Crippen LogP) is 3.02. The molecule has 0 unspecified atom stereocenters. The molecule has 3 aromatic carbocycles. The topological polar surface area (TPSA) is 43.4 Å². The molecule has 117 valence electrons. The van der Waals surface area contributed by atoms with Gasteiger partial charge in [0.1, 0.15) is 0 Å². The van der Waals surface area contributed by atoms with Crippen molar-refractivity contribution in [2.24, 2.45) is 0 Å². The molecule has 0 fully saturated rings. The number of rotatable bonds is 5. The van der Waals surface area contributed by atoms with Crippen molar-refractivity contribution in [1.82, 2.24) is 0 Å². The molecule has 0 aliphatic rings. The average Bonchev–Trinajstić information content (AvgIpc) is 2.67. The SMILES string of the molecule is O=C([O][Bi][c]1ccccc1)c1ccc(C(=O)c2ccccc2)cc1. The van der Waals surface area contributed by atoms with Crippen LogP contribution in [0.2, 0.25) is 0 Å². The fourth-order valence-corrected chi connectivity index (χ4v) is 4.43. The van der Waals surface area contributed by atoms with Crippen molar-refractivity contribution in [2.75, 3.05) is 0 Å². The summed E-state index contributed by atoms with van der Waals surface area (Å²) in [6, 6.07) is 25.5. The van der Waals surface area contributed by atoms with Gasteiger partial charge in [0.2, 0.25) is 0 Å². The summed E-state index contributed by atoms with van der Waals surface area (Å²) in [6.07, 6.45) is 0. The van der Waals surface area contributed by atoms with Crippen LogP contribution in [0, 0.1) is 0 Å². The Bertz CT molecular complexity index is 828. The van der Waals surface area contributed by atoms with Gasteiger partial charge in [-0.2, -0.15) is 0 Å². The molecule has 0 aliphatic heterocycles. The first kappa shape index (κ1) is 16.5. The molecular formula is C20H14BiO3. The van der Waals surface area contributed by atoms with Crippen molar-refractivity contribution in [3.05, 3.63) is 102 Å². The zero-order valence-corrected chi connectivity index (χ0v) is 16.2. The van der Waals surface area contributed by atoms with E-state index in [2.05, 4.69) is 0 Å². The summed E-state index contributed by atoms with van der Waals surface area (Å²) >= 11 is -1.48. The Labute approximate surface area is 152 Å². The van der Waals surface area contributed by atoms with Crippen LogP contribution in [-0.4, -0.2) is 35.4 Å². The molecule has 0 atom stereocenters. The normalized spacial score (nSPS) is 10.2. The molecule has 1 radical (unpaired) electrons.